The van der Waals surface area contributed by atoms with Gasteiger partial charge >= 0.3 is 0 Å². The van der Waals surface area contributed by atoms with Crippen molar-refractivity contribution in [2.75, 3.05) is 11.1 Å². The second-order valence-corrected chi connectivity index (χ2v) is 8.73. The molecule has 1 aliphatic heterocycles. The molecule has 25 heavy (non-hydrogen) atoms. The molecule has 2 heterocycles. The van der Waals surface area contributed by atoms with Crippen LogP contribution in [0, 0.1) is 6.92 Å². The fourth-order valence-corrected chi connectivity index (χ4v) is 4.89. The number of nitrogens with one attached hydrogen (secondary N) is 1. The first-order chi connectivity index (χ1) is 12.0. The van der Waals surface area contributed by atoms with E-state index < -0.39 is 0 Å². The molecular formula is C18H24N4OS2. The predicted molar refractivity (Wildman–Crippen MR) is 105 cm³/mol. The zero-order chi connectivity index (χ0) is 17.8. The van der Waals surface area contributed by atoms with Crippen LogP contribution in [0.15, 0.2) is 28.6 Å². The number of piperidine rings is 1. The predicted octanol–water partition coefficient (Wildman–Crippen LogP) is 4.47. The first-order valence-electron chi connectivity index (χ1n) is 8.64. The van der Waals surface area contributed by atoms with Crippen LogP contribution in [0.3, 0.4) is 0 Å². The van der Waals surface area contributed by atoms with E-state index in [9.17, 15) is 4.79 Å². The Labute approximate surface area is 157 Å². The van der Waals surface area contributed by atoms with Crippen molar-refractivity contribution in [3.8, 4) is 0 Å². The summed E-state index contributed by atoms with van der Waals surface area (Å²) in [5, 5.41) is 12.4. The molecule has 0 spiro atoms. The van der Waals surface area contributed by atoms with Gasteiger partial charge < -0.3 is 10.2 Å². The van der Waals surface area contributed by atoms with Gasteiger partial charge in [-0.1, -0.05) is 41.3 Å². The molecule has 134 valence electrons. The van der Waals surface area contributed by atoms with E-state index in [1.165, 1.54) is 29.5 Å². The molecule has 2 aromatic rings. The lowest BCUT2D eigenvalue weighted by atomic mass is 9.98. The molecule has 1 amide bonds. The average Bonchev–Trinajstić information content (AvgIpc) is 3.02. The summed E-state index contributed by atoms with van der Waals surface area (Å²) in [4.78, 5) is 14.6. The summed E-state index contributed by atoms with van der Waals surface area (Å²) in [5.41, 5.74) is 2.19. The van der Waals surface area contributed by atoms with Crippen molar-refractivity contribution >= 4 is 39.8 Å². The first kappa shape index (κ1) is 18.2. The lowest BCUT2D eigenvalue weighted by Gasteiger charge is -2.39. The highest BCUT2D eigenvalue weighted by Gasteiger charge is 2.28. The number of aromatic nitrogens is 2. The number of aryl methyl sites for hydroxylation is 1. The molecule has 0 bridgehead atoms. The minimum atomic E-state index is 0.202. The van der Waals surface area contributed by atoms with E-state index in [-0.39, 0.29) is 5.91 Å². The number of likely N-dealkylation sites (tertiary alicyclic amines) is 1. The van der Waals surface area contributed by atoms with Crippen molar-refractivity contribution in [1.29, 1.82) is 0 Å². The highest BCUT2D eigenvalue weighted by atomic mass is 32.2. The standard InChI is InChI=1S/C18H24N4OS2/c1-12-7-4-5-10-15(12)19-17-20-21-18(25-17)24-11-16(23)22-13(2)8-6-9-14(22)3/h4-5,7,10,13-14H,6,8-9,11H2,1-3H3,(H,19,20). The number of nitrogens with zero attached hydrogens (tertiary/aromatic N) is 3. The fourth-order valence-electron chi connectivity index (χ4n) is 3.26. The number of carbonyl (C=O) groups excluding carboxylic acids is 1. The van der Waals surface area contributed by atoms with Gasteiger partial charge in [0.15, 0.2) is 4.34 Å². The normalized spacial score (nSPS) is 20.5. The smallest absolute Gasteiger partial charge is 0.233 e. The number of benzene rings is 1. The molecule has 1 saturated heterocycles. The number of amides is 1. The summed E-state index contributed by atoms with van der Waals surface area (Å²) >= 11 is 2.96. The summed E-state index contributed by atoms with van der Waals surface area (Å²) in [6.07, 6.45) is 3.41. The Balaban J connectivity index is 1.56. The van der Waals surface area contributed by atoms with Gasteiger partial charge in [0.2, 0.25) is 11.0 Å². The molecule has 2 atom stereocenters. The van der Waals surface area contributed by atoms with Crippen molar-refractivity contribution in [2.24, 2.45) is 0 Å². The van der Waals surface area contributed by atoms with Gasteiger partial charge in [-0.15, -0.1) is 10.2 Å². The van der Waals surface area contributed by atoms with E-state index in [0.717, 1.165) is 33.6 Å². The third-order valence-electron chi connectivity index (χ3n) is 4.59. The third kappa shape index (κ3) is 4.52. The Morgan fingerprint density at radius 2 is 2.00 bits per heavy atom. The zero-order valence-corrected chi connectivity index (χ0v) is 16.5. The van der Waals surface area contributed by atoms with Crippen LogP contribution >= 0.6 is 23.1 Å². The van der Waals surface area contributed by atoms with Gasteiger partial charge in [-0.2, -0.15) is 0 Å². The van der Waals surface area contributed by atoms with E-state index in [1.807, 2.05) is 23.1 Å². The molecule has 5 nitrogen and oxygen atoms in total. The van der Waals surface area contributed by atoms with Gasteiger partial charge in [0.1, 0.15) is 0 Å². The topological polar surface area (TPSA) is 58.1 Å². The van der Waals surface area contributed by atoms with Crippen LogP contribution in [0.1, 0.15) is 38.7 Å². The number of anilines is 2. The van der Waals surface area contributed by atoms with Gasteiger partial charge in [-0.25, -0.2) is 0 Å². The van der Waals surface area contributed by atoms with E-state index >= 15 is 0 Å². The molecule has 1 aliphatic rings. The lowest BCUT2D eigenvalue weighted by Crippen LogP contribution is -2.48. The van der Waals surface area contributed by atoms with Crippen LogP contribution in [-0.2, 0) is 4.79 Å². The Morgan fingerprint density at radius 1 is 1.28 bits per heavy atom. The maximum Gasteiger partial charge on any atom is 0.233 e. The maximum absolute atomic E-state index is 12.6. The number of hydrogen-bond donors (Lipinski definition) is 1. The monoisotopic (exact) mass is 376 g/mol. The van der Waals surface area contributed by atoms with Crippen LogP contribution in [-0.4, -0.2) is 38.8 Å². The molecule has 2 unspecified atom stereocenters. The third-order valence-corrected chi connectivity index (χ3v) is 6.55. The Morgan fingerprint density at radius 3 is 2.72 bits per heavy atom. The number of hydrogen-bond acceptors (Lipinski definition) is 6. The van der Waals surface area contributed by atoms with Crippen molar-refractivity contribution in [1.82, 2.24) is 15.1 Å². The highest BCUT2D eigenvalue weighted by Crippen LogP contribution is 2.30. The van der Waals surface area contributed by atoms with Gasteiger partial charge in [0.05, 0.1) is 5.75 Å². The van der Waals surface area contributed by atoms with Crippen molar-refractivity contribution in [2.45, 2.75) is 56.5 Å². The minimum absolute atomic E-state index is 0.202. The summed E-state index contributed by atoms with van der Waals surface area (Å²) in [7, 11) is 0. The van der Waals surface area contributed by atoms with Gasteiger partial charge in [-0.3, -0.25) is 4.79 Å². The number of rotatable bonds is 5. The number of para-hydroxylation sites is 1. The molecule has 1 aromatic carbocycles. The van der Waals surface area contributed by atoms with Gasteiger partial charge in [0.25, 0.3) is 0 Å². The second-order valence-electron chi connectivity index (χ2n) is 6.53. The Kier molecular flexibility index (Phi) is 5.96. The van der Waals surface area contributed by atoms with Crippen LogP contribution in [0.2, 0.25) is 0 Å². The molecule has 0 radical (unpaired) electrons. The molecule has 1 N–H and O–H groups in total. The minimum Gasteiger partial charge on any atom is -0.337 e. The molecule has 7 heteroatoms. The highest BCUT2D eigenvalue weighted by molar-refractivity contribution is 8.01. The quantitative estimate of drug-likeness (QED) is 0.780. The van der Waals surface area contributed by atoms with Crippen LogP contribution in [0.25, 0.3) is 0 Å². The van der Waals surface area contributed by atoms with E-state index in [4.69, 9.17) is 0 Å². The van der Waals surface area contributed by atoms with E-state index in [2.05, 4.69) is 42.4 Å². The summed E-state index contributed by atoms with van der Waals surface area (Å²) in [5.74, 6) is 0.626. The molecule has 3 rings (SSSR count). The fraction of sp³-hybridized carbons (Fsp3) is 0.500. The van der Waals surface area contributed by atoms with Crippen LogP contribution in [0.4, 0.5) is 10.8 Å². The molecular weight excluding hydrogens is 352 g/mol. The van der Waals surface area contributed by atoms with Gasteiger partial charge in [-0.05, 0) is 51.7 Å². The van der Waals surface area contributed by atoms with Crippen molar-refractivity contribution in [3.05, 3.63) is 29.8 Å². The van der Waals surface area contributed by atoms with Crippen molar-refractivity contribution < 1.29 is 4.79 Å². The largest absolute Gasteiger partial charge is 0.337 e. The van der Waals surface area contributed by atoms with Crippen LogP contribution in [0.5, 0.6) is 0 Å². The van der Waals surface area contributed by atoms with E-state index in [1.54, 1.807) is 0 Å². The molecule has 1 fully saturated rings. The SMILES string of the molecule is Cc1ccccc1Nc1nnc(SCC(=O)N2C(C)CCCC2C)s1. The van der Waals surface area contributed by atoms with Crippen LogP contribution < -0.4 is 5.32 Å². The Hall–Kier alpha value is -1.60. The number of thioether (sulfide) groups is 1. The lowest BCUT2D eigenvalue weighted by molar-refractivity contribution is -0.134. The first-order valence-corrected chi connectivity index (χ1v) is 10.4. The molecule has 0 saturated carbocycles. The summed E-state index contributed by atoms with van der Waals surface area (Å²) in [6.45, 7) is 6.35. The summed E-state index contributed by atoms with van der Waals surface area (Å²) in [6, 6.07) is 8.75. The molecule has 0 aliphatic carbocycles. The van der Waals surface area contributed by atoms with Crippen molar-refractivity contribution in [3.63, 3.8) is 0 Å². The summed E-state index contributed by atoms with van der Waals surface area (Å²) < 4.78 is 0.821. The molecule has 1 aromatic heterocycles. The van der Waals surface area contributed by atoms with E-state index in [0.29, 0.717) is 17.8 Å². The average molecular weight is 377 g/mol. The number of carbonyl (C=O) groups is 1. The second kappa shape index (κ2) is 8.19. The zero-order valence-electron chi connectivity index (χ0n) is 14.9. The maximum atomic E-state index is 12.6. The van der Waals surface area contributed by atoms with Gasteiger partial charge in [0, 0.05) is 17.8 Å². The Bertz CT molecular complexity index is 723.